The number of anilines is 1. The van der Waals surface area contributed by atoms with Crippen molar-refractivity contribution in [1.29, 1.82) is 0 Å². The first-order valence-corrected chi connectivity index (χ1v) is 8.06. The molecule has 0 aromatic heterocycles. The Kier molecular flexibility index (Phi) is 4.94. The second kappa shape index (κ2) is 7.11. The van der Waals surface area contributed by atoms with Crippen molar-refractivity contribution in [3.8, 4) is 0 Å². The van der Waals surface area contributed by atoms with Gasteiger partial charge in [-0.3, -0.25) is 4.79 Å². The Balaban J connectivity index is 1.60. The van der Waals surface area contributed by atoms with E-state index < -0.39 is 0 Å². The molecule has 5 heteroatoms. The first-order chi connectivity index (χ1) is 11.1. The van der Waals surface area contributed by atoms with Crippen molar-refractivity contribution < 1.29 is 9.18 Å². The SMILES string of the molecule is O=C(CNCc1ccc(Cl)cc1F)N1CCCc2ccccc21. The van der Waals surface area contributed by atoms with E-state index in [2.05, 4.69) is 11.4 Å². The van der Waals surface area contributed by atoms with Crippen LogP contribution in [0.3, 0.4) is 0 Å². The van der Waals surface area contributed by atoms with Gasteiger partial charge in [0.15, 0.2) is 0 Å². The highest BCUT2D eigenvalue weighted by molar-refractivity contribution is 6.30. The van der Waals surface area contributed by atoms with Crippen molar-refractivity contribution in [2.24, 2.45) is 0 Å². The topological polar surface area (TPSA) is 32.3 Å². The fourth-order valence-corrected chi connectivity index (χ4v) is 3.02. The summed E-state index contributed by atoms with van der Waals surface area (Å²) in [5, 5.41) is 3.38. The molecule has 0 bridgehead atoms. The monoisotopic (exact) mass is 332 g/mol. The third kappa shape index (κ3) is 3.71. The van der Waals surface area contributed by atoms with Crippen molar-refractivity contribution >= 4 is 23.2 Å². The highest BCUT2D eigenvalue weighted by Crippen LogP contribution is 2.26. The Bertz CT molecular complexity index is 720. The molecule has 3 rings (SSSR count). The van der Waals surface area contributed by atoms with Crippen molar-refractivity contribution in [1.82, 2.24) is 5.32 Å². The van der Waals surface area contributed by atoms with Gasteiger partial charge in [-0.2, -0.15) is 0 Å². The van der Waals surface area contributed by atoms with Crippen LogP contribution >= 0.6 is 11.6 Å². The highest BCUT2D eigenvalue weighted by Gasteiger charge is 2.21. The quantitative estimate of drug-likeness (QED) is 0.928. The Morgan fingerprint density at radius 1 is 1.26 bits per heavy atom. The van der Waals surface area contributed by atoms with E-state index in [9.17, 15) is 9.18 Å². The lowest BCUT2D eigenvalue weighted by Crippen LogP contribution is -2.41. The minimum absolute atomic E-state index is 0.00604. The lowest BCUT2D eigenvalue weighted by atomic mass is 10.0. The lowest BCUT2D eigenvalue weighted by molar-refractivity contribution is -0.117. The van der Waals surface area contributed by atoms with Gasteiger partial charge in [-0.25, -0.2) is 4.39 Å². The van der Waals surface area contributed by atoms with Crippen LogP contribution in [0.15, 0.2) is 42.5 Å². The van der Waals surface area contributed by atoms with E-state index in [4.69, 9.17) is 11.6 Å². The zero-order valence-electron chi connectivity index (χ0n) is 12.7. The summed E-state index contributed by atoms with van der Waals surface area (Å²) in [6.07, 6.45) is 1.97. The molecule has 120 valence electrons. The summed E-state index contributed by atoms with van der Waals surface area (Å²) in [5.74, 6) is -0.354. The summed E-state index contributed by atoms with van der Waals surface area (Å²) < 4.78 is 13.7. The van der Waals surface area contributed by atoms with E-state index in [-0.39, 0.29) is 18.3 Å². The summed E-state index contributed by atoms with van der Waals surface area (Å²) in [7, 11) is 0. The van der Waals surface area contributed by atoms with Crippen LogP contribution in [-0.2, 0) is 17.8 Å². The number of hydrogen-bond acceptors (Lipinski definition) is 2. The van der Waals surface area contributed by atoms with Crippen LogP contribution in [0, 0.1) is 5.82 Å². The molecule has 0 fully saturated rings. The van der Waals surface area contributed by atoms with Gasteiger partial charge in [0.25, 0.3) is 0 Å². The predicted octanol–water partition coefficient (Wildman–Crippen LogP) is 3.55. The molecule has 1 heterocycles. The Morgan fingerprint density at radius 3 is 2.91 bits per heavy atom. The molecule has 0 saturated heterocycles. The summed E-state index contributed by atoms with van der Waals surface area (Å²) in [6.45, 7) is 1.20. The maximum Gasteiger partial charge on any atom is 0.240 e. The van der Waals surface area contributed by atoms with E-state index in [0.29, 0.717) is 17.1 Å². The van der Waals surface area contributed by atoms with Gasteiger partial charge in [0.05, 0.1) is 6.54 Å². The van der Waals surface area contributed by atoms with Crippen LogP contribution in [0.1, 0.15) is 17.5 Å². The fraction of sp³-hybridized carbons (Fsp3) is 0.278. The van der Waals surface area contributed by atoms with Gasteiger partial charge in [0.1, 0.15) is 5.82 Å². The first kappa shape index (κ1) is 16.0. The summed E-state index contributed by atoms with van der Waals surface area (Å²) in [4.78, 5) is 14.2. The van der Waals surface area contributed by atoms with Crippen LogP contribution in [0.2, 0.25) is 5.02 Å². The smallest absolute Gasteiger partial charge is 0.240 e. The van der Waals surface area contributed by atoms with E-state index in [1.807, 2.05) is 23.1 Å². The maximum absolute atomic E-state index is 13.7. The number of rotatable bonds is 4. The van der Waals surface area contributed by atoms with E-state index in [1.165, 1.54) is 11.6 Å². The molecule has 3 nitrogen and oxygen atoms in total. The van der Waals surface area contributed by atoms with Crippen molar-refractivity contribution in [2.75, 3.05) is 18.0 Å². The molecule has 0 spiro atoms. The number of halogens is 2. The number of fused-ring (bicyclic) bond motifs is 1. The second-order valence-electron chi connectivity index (χ2n) is 5.62. The summed E-state index contributed by atoms with van der Waals surface area (Å²) >= 11 is 5.73. The van der Waals surface area contributed by atoms with E-state index >= 15 is 0 Å². The number of carbonyl (C=O) groups is 1. The number of nitrogens with zero attached hydrogens (tertiary/aromatic N) is 1. The van der Waals surface area contributed by atoms with Crippen molar-refractivity contribution in [3.63, 3.8) is 0 Å². The summed E-state index contributed by atoms with van der Waals surface area (Å²) in [6, 6.07) is 12.5. The predicted molar refractivity (Wildman–Crippen MR) is 90.2 cm³/mol. The fourth-order valence-electron chi connectivity index (χ4n) is 2.86. The number of aryl methyl sites for hydroxylation is 1. The lowest BCUT2D eigenvalue weighted by Gasteiger charge is -2.29. The number of nitrogens with one attached hydrogen (secondary N) is 1. The molecule has 1 N–H and O–H groups in total. The molecule has 0 aliphatic carbocycles. The molecule has 0 atom stereocenters. The molecule has 0 radical (unpaired) electrons. The van der Waals surface area contributed by atoms with Crippen LogP contribution < -0.4 is 10.2 Å². The molecule has 1 aliphatic rings. The molecule has 0 unspecified atom stereocenters. The largest absolute Gasteiger partial charge is 0.311 e. The third-order valence-electron chi connectivity index (χ3n) is 4.02. The van der Waals surface area contributed by atoms with Gasteiger partial charge < -0.3 is 10.2 Å². The van der Waals surface area contributed by atoms with E-state index in [0.717, 1.165) is 25.1 Å². The van der Waals surface area contributed by atoms with Crippen LogP contribution in [0.4, 0.5) is 10.1 Å². The number of para-hydroxylation sites is 1. The van der Waals surface area contributed by atoms with Gasteiger partial charge in [-0.15, -0.1) is 0 Å². The van der Waals surface area contributed by atoms with Gasteiger partial charge >= 0.3 is 0 Å². The third-order valence-corrected chi connectivity index (χ3v) is 4.25. The molecule has 0 saturated carbocycles. The zero-order valence-corrected chi connectivity index (χ0v) is 13.4. The standard InChI is InChI=1S/C18H18ClFN2O/c19-15-8-7-14(16(20)10-15)11-21-12-18(23)22-9-3-5-13-4-1-2-6-17(13)22/h1-2,4,6-8,10,21H,3,5,9,11-12H2. The number of hydrogen-bond donors (Lipinski definition) is 1. The Hall–Kier alpha value is -1.91. The van der Waals surface area contributed by atoms with Gasteiger partial charge in [-0.05, 0) is 36.6 Å². The molecule has 23 heavy (non-hydrogen) atoms. The average Bonchev–Trinajstić information content (AvgIpc) is 2.56. The maximum atomic E-state index is 13.7. The average molecular weight is 333 g/mol. The van der Waals surface area contributed by atoms with Gasteiger partial charge in [0.2, 0.25) is 5.91 Å². The molecular formula is C18H18ClFN2O. The Morgan fingerprint density at radius 2 is 2.09 bits per heavy atom. The second-order valence-corrected chi connectivity index (χ2v) is 6.05. The zero-order chi connectivity index (χ0) is 16.2. The molecule has 2 aromatic rings. The Labute approximate surface area is 140 Å². The number of carbonyl (C=O) groups excluding carboxylic acids is 1. The molecule has 2 aromatic carbocycles. The summed E-state index contributed by atoms with van der Waals surface area (Å²) in [5.41, 5.74) is 2.69. The van der Waals surface area contributed by atoms with Gasteiger partial charge in [-0.1, -0.05) is 35.9 Å². The molecular weight excluding hydrogens is 315 g/mol. The number of benzene rings is 2. The van der Waals surface area contributed by atoms with Crippen molar-refractivity contribution in [3.05, 3.63) is 64.4 Å². The van der Waals surface area contributed by atoms with Crippen molar-refractivity contribution in [2.45, 2.75) is 19.4 Å². The normalized spacial score (nSPS) is 13.7. The van der Waals surface area contributed by atoms with Crippen LogP contribution in [0.5, 0.6) is 0 Å². The van der Waals surface area contributed by atoms with E-state index in [1.54, 1.807) is 12.1 Å². The first-order valence-electron chi connectivity index (χ1n) is 7.68. The number of amides is 1. The minimum atomic E-state index is -0.360. The molecule has 1 aliphatic heterocycles. The highest BCUT2D eigenvalue weighted by atomic mass is 35.5. The van der Waals surface area contributed by atoms with Gasteiger partial charge in [0, 0.05) is 29.4 Å². The van der Waals surface area contributed by atoms with Crippen LogP contribution in [0.25, 0.3) is 0 Å². The van der Waals surface area contributed by atoms with Crippen LogP contribution in [-0.4, -0.2) is 19.0 Å². The minimum Gasteiger partial charge on any atom is -0.311 e. The molecule has 1 amide bonds.